The van der Waals surface area contributed by atoms with E-state index < -0.39 is 0 Å². The monoisotopic (exact) mass is 330 g/mol. The minimum atomic E-state index is 0.106. The molecule has 1 spiro atoms. The number of ketones is 1. The van der Waals surface area contributed by atoms with Crippen molar-refractivity contribution in [3.8, 4) is 0 Å². The lowest BCUT2D eigenvalue weighted by Gasteiger charge is -2.41. The number of carbonyl (C=O) groups excluding carboxylic acids is 1. The molecular weight excluding hydrogens is 304 g/mol. The zero-order valence-corrected chi connectivity index (χ0v) is 15.3. The lowest BCUT2D eigenvalue weighted by atomic mass is 9.62. The zero-order valence-electron chi connectivity index (χ0n) is 15.3. The molecule has 0 heterocycles. The third-order valence-corrected chi connectivity index (χ3v) is 7.23. The van der Waals surface area contributed by atoms with E-state index in [9.17, 15) is 4.79 Å². The molecule has 1 heteroatoms. The van der Waals surface area contributed by atoms with Crippen LogP contribution in [0.4, 0.5) is 0 Å². The smallest absolute Gasteiger partial charge is 0.138 e. The molecule has 1 nitrogen and oxygen atoms in total. The summed E-state index contributed by atoms with van der Waals surface area (Å²) >= 11 is 0. The maximum absolute atomic E-state index is 12.6. The van der Waals surface area contributed by atoms with Gasteiger partial charge < -0.3 is 0 Å². The summed E-state index contributed by atoms with van der Waals surface area (Å²) < 4.78 is 0. The number of hydrogen-bond donors (Lipinski definition) is 0. The summed E-state index contributed by atoms with van der Waals surface area (Å²) in [6.45, 7) is 4.56. The maximum atomic E-state index is 12.6. The molecule has 3 unspecified atom stereocenters. The van der Waals surface area contributed by atoms with Gasteiger partial charge in [0.25, 0.3) is 0 Å². The van der Waals surface area contributed by atoms with Gasteiger partial charge in [0, 0.05) is 18.3 Å². The molecule has 0 radical (unpaired) electrons. The van der Waals surface area contributed by atoms with E-state index >= 15 is 0 Å². The fourth-order valence-electron chi connectivity index (χ4n) is 5.67. The number of carbonyl (C=O) groups is 1. The molecule has 5 rings (SSSR count). The van der Waals surface area contributed by atoms with Crippen LogP contribution in [0.25, 0.3) is 10.8 Å². The summed E-state index contributed by atoms with van der Waals surface area (Å²) in [6, 6.07) is 11.7. The summed E-state index contributed by atoms with van der Waals surface area (Å²) in [4.78, 5) is 12.6. The maximum Gasteiger partial charge on any atom is 0.138 e. The first-order chi connectivity index (χ1) is 12.1. The Kier molecular flexibility index (Phi) is 3.26. The number of hydrogen-bond acceptors (Lipinski definition) is 1. The van der Waals surface area contributed by atoms with Gasteiger partial charge in [0.2, 0.25) is 0 Å². The largest absolute Gasteiger partial charge is 0.299 e. The summed E-state index contributed by atoms with van der Waals surface area (Å²) in [5, 5.41) is 2.65. The van der Waals surface area contributed by atoms with E-state index in [4.69, 9.17) is 0 Å². The molecule has 2 aromatic rings. The summed E-state index contributed by atoms with van der Waals surface area (Å²) in [7, 11) is 0. The lowest BCUT2D eigenvalue weighted by Crippen LogP contribution is -2.39. The van der Waals surface area contributed by atoms with E-state index in [0.717, 1.165) is 12.8 Å². The minimum absolute atomic E-state index is 0.106. The Morgan fingerprint density at radius 2 is 2.04 bits per heavy atom. The summed E-state index contributed by atoms with van der Waals surface area (Å²) in [5.74, 6) is 1.69. The number of rotatable bonds is 2. The van der Waals surface area contributed by atoms with Crippen molar-refractivity contribution >= 4 is 16.6 Å². The van der Waals surface area contributed by atoms with Crippen molar-refractivity contribution in [1.82, 2.24) is 0 Å². The first-order valence-corrected chi connectivity index (χ1v) is 9.86. The number of fused-ring (bicyclic) bond motifs is 6. The van der Waals surface area contributed by atoms with E-state index in [2.05, 4.69) is 50.3 Å². The Morgan fingerprint density at radius 3 is 2.76 bits per heavy atom. The van der Waals surface area contributed by atoms with Gasteiger partial charge in [-0.1, -0.05) is 55.8 Å². The van der Waals surface area contributed by atoms with Crippen LogP contribution < -0.4 is 0 Å². The van der Waals surface area contributed by atoms with Crippen LogP contribution in [0.1, 0.15) is 68.6 Å². The molecule has 0 aromatic heterocycles. The first kappa shape index (κ1) is 15.4. The average Bonchev–Trinajstić information content (AvgIpc) is 3.20. The van der Waals surface area contributed by atoms with E-state index in [1.807, 2.05) is 0 Å². The summed E-state index contributed by atoms with van der Waals surface area (Å²) in [6.07, 6.45) is 8.50. The highest BCUT2D eigenvalue weighted by Crippen LogP contribution is 2.58. The van der Waals surface area contributed by atoms with Crippen molar-refractivity contribution in [2.75, 3.05) is 0 Å². The van der Waals surface area contributed by atoms with Gasteiger partial charge in [-0.2, -0.15) is 0 Å². The van der Waals surface area contributed by atoms with Crippen LogP contribution >= 0.6 is 0 Å². The van der Waals surface area contributed by atoms with Crippen molar-refractivity contribution in [1.29, 1.82) is 0 Å². The van der Waals surface area contributed by atoms with Gasteiger partial charge in [0.1, 0.15) is 5.78 Å². The molecule has 1 saturated carbocycles. The molecule has 0 aliphatic heterocycles. The molecule has 25 heavy (non-hydrogen) atoms. The van der Waals surface area contributed by atoms with Crippen LogP contribution in [0.5, 0.6) is 0 Å². The SMILES string of the molecule is CCC(C)c1ccc2cc3c(cc2c1)C1(CC(=O)C3)CC2=CCC1C2. The molecule has 0 amide bonds. The van der Waals surface area contributed by atoms with Crippen LogP contribution in [0.3, 0.4) is 0 Å². The van der Waals surface area contributed by atoms with Crippen LogP contribution in [-0.2, 0) is 16.6 Å². The molecule has 0 saturated heterocycles. The van der Waals surface area contributed by atoms with Gasteiger partial charge in [-0.25, -0.2) is 0 Å². The average molecular weight is 330 g/mol. The fraction of sp³-hybridized carbons (Fsp3) is 0.458. The predicted molar refractivity (Wildman–Crippen MR) is 103 cm³/mol. The van der Waals surface area contributed by atoms with E-state index in [1.54, 1.807) is 5.57 Å². The van der Waals surface area contributed by atoms with Crippen molar-refractivity contribution in [3.63, 3.8) is 0 Å². The normalized spacial score (nSPS) is 28.5. The van der Waals surface area contributed by atoms with Crippen molar-refractivity contribution in [2.45, 2.75) is 63.7 Å². The Hall–Kier alpha value is -1.89. The fourth-order valence-corrected chi connectivity index (χ4v) is 5.67. The lowest BCUT2D eigenvalue weighted by molar-refractivity contribution is -0.120. The molecule has 0 N–H and O–H groups in total. The van der Waals surface area contributed by atoms with Crippen LogP contribution in [0.2, 0.25) is 0 Å². The molecule has 3 aliphatic carbocycles. The van der Waals surface area contributed by atoms with Gasteiger partial charge in [-0.05, 0) is 65.0 Å². The minimum Gasteiger partial charge on any atom is -0.299 e. The molecule has 3 atom stereocenters. The van der Waals surface area contributed by atoms with Crippen molar-refractivity contribution < 1.29 is 4.79 Å². The molecule has 3 aliphatic rings. The molecule has 1 fully saturated rings. The Labute approximate surface area is 150 Å². The van der Waals surface area contributed by atoms with Gasteiger partial charge in [-0.15, -0.1) is 0 Å². The molecular formula is C24H26O. The van der Waals surface area contributed by atoms with Gasteiger partial charge in [0.05, 0.1) is 0 Å². The van der Waals surface area contributed by atoms with Gasteiger partial charge >= 0.3 is 0 Å². The summed E-state index contributed by atoms with van der Waals surface area (Å²) in [5.41, 5.74) is 5.93. The Morgan fingerprint density at radius 1 is 1.16 bits per heavy atom. The Bertz CT molecular complexity index is 919. The molecule has 2 aromatic carbocycles. The first-order valence-electron chi connectivity index (χ1n) is 9.86. The number of Topliss-reactive ketones (excluding diaryl/α,β-unsaturated/α-hetero) is 1. The van der Waals surface area contributed by atoms with Gasteiger partial charge in [0.15, 0.2) is 0 Å². The van der Waals surface area contributed by atoms with E-state index in [0.29, 0.717) is 24.0 Å². The van der Waals surface area contributed by atoms with Crippen molar-refractivity contribution in [2.24, 2.45) is 5.92 Å². The van der Waals surface area contributed by atoms with Crippen LogP contribution in [0.15, 0.2) is 42.0 Å². The molecule has 128 valence electrons. The third-order valence-electron chi connectivity index (χ3n) is 7.23. The molecule has 2 bridgehead atoms. The second kappa shape index (κ2) is 5.30. The number of benzene rings is 2. The van der Waals surface area contributed by atoms with E-state index in [-0.39, 0.29) is 5.41 Å². The van der Waals surface area contributed by atoms with Crippen molar-refractivity contribution in [3.05, 3.63) is 58.7 Å². The Balaban J connectivity index is 1.70. The number of allylic oxidation sites excluding steroid dienone is 2. The van der Waals surface area contributed by atoms with Crippen LogP contribution in [0, 0.1) is 5.92 Å². The highest BCUT2D eigenvalue weighted by molar-refractivity contribution is 5.91. The zero-order chi connectivity index (χ0) is 17.2. The quantitative estimate of drug-likeness (QED) is 0.632. The van der Waals surface area contributed by atoms with Crippen LogP contribution in [-0.4, -0.2) is 5.78 Å². The topological polar surface area (TPSA) is 17.1 Å². The third kappa shape index (κ3) is 2.18. The predicted octanol–water partition coefficient (Wildman–Crippen LogP) is 5.85. The van der Waals surface area contributed by atoms with E-state index in [1.165, 1.54) is 46.7 Å². The second-order valence-electron chi connectivity index (χ2n) is 8.65. The highest BCUT2D eigenvalue weighted by atomic mass is 16.1. The highest BCUT2D eigenvalue weighted by Gasteiger charge is 2.51. The standard InChI is InChI=1S/C24H26O/c1-3-15(2)17-5-6-18-10-20-11-22(25)14-24(23(20)12-19(18)9-17)13-16-4-7-21(24)8-16/h4-6,9-10,12,15,21H,3,7-8,11,13-14H2,1-2H3. The van der Waals surface area contributed by atoms with Gasteiger partial charge in [-0.3, -0.25) is 4.79 Å². The second-order valence-corrected chi connectivity index (χ2v) is 8.65.